The average molecular weight is 487 g/mol. The van der Waals surface area contributed by atoms with E-state index in [2.05, 4.69) is 15.2 Å². The minimum Gasteiger partial charge on any atom is -0.370 e. The molecule has 0 bridgehead atoms. The first-order valence-electron chi connectivity index (χ1n) is 12.6. The van der Waals surface area contributed by atoms with Gasteiger partial charge >= 0.3 is 12.2 Å². The predicted octanol–water partition coefficient (Wildman–Crippen LogP) is 4.08. The summed E-state index contributed by atoms with van der Waals surface area (Å²) in [6.07, 6.45) is 0.476. The number of hydrogen-bond donors (Lipinski definition) is 1. The minimum atomic E-state index is -4.11. The maximum Gasteiger partial charge on any atom is 0.395 e. The number of hydrogen-bond acceptors (Lipinski definition) is 4. The Balaban J connectivity index is 0.858. The van der Waals surface area contributed by atoms with Crippen LogP contribution in [0.4, 0.5) is 23.7 Å². The van der Waals surface area contributed by atoms with E-state index < -0.39 is 12.1 Å². The number of urea groups is 1. The largest absolute Gasteiger partial charge is 0.395 e. The van der Waals surface area contributed by atoms with E-state index in [0.717, 1.165) is 48.8 Å². The average Bonchev–Trinajstić information content (AvgIpc) is 3.42. The van der Waals surface area contributed by atoms with E-state index in [1.807, 2.05) is 34.1 Å². The van der Waals surface area contributed by atoms with Crippen molar-refractivity contribution in [3.8, 4) is 0 Å². The number of likely N-dealkylation sites (tertiary alicyclic amines) is 2. The second kappa shape index (κ2) is 7.36. The van der Waals surface area contributed by atoms with Gasteiger partial charge in [-0.2, -0.15) is 13.2 Å². The predicted molar refractivity (Wildman–Crippen MR) is 122 cm³/mol. The number of amides is 2. The summed E-state index contributed by atoms with van der Waals surface area (Å²) in [7, 11) is 0. The standard InChI is InChI=1S/C25H29F3N6O/c26-25(27,28)19-11-32(12-19)20-5-3-15(4-6-20)18-9-33(10-18)23(35)34-13-24(14-34)7-17(8-24)22-29-21(30-31-22)16-1-2-16/h3-6,16-19H,1-2,7-14H2,(H,29,30,31). The second-order valence-electron chi connectivity index (χ2n) is 11.5. The normalized spacial score (nSPS) is 24.7. The van der Waals surface area contributed by atoms with E-state index in [9.17, 15) is 18.0 Å². The molecule has 4 heterocycles. The van der Waals surface area contributed by atoms with E-state index in [0.29, 0.717) is 30.8 Å². The maximum absolute atomic E-state index is 12.9. The fourth-order valence-electron chi connectivity index (χ4n) is 6.25. The number of nitrogens with one attached hydrogen (secondary N) is 1. The Kier molecular flexibility index (Phi) is 4.52. The molecule has 0 radical (unpaired) electrons. The Morgan fingerprint density at radius 1 is 0.886 bits per heavy atom. The first-order chi connectivity index (χ1) is 16.8. The molecule has 35 heavy (non-hydrogen) atoms. The number of aromatic nitrogens is 3. The van der Waals surface area contributed by atoms with Gasteiger partial charge in [-0.3, -0.25) is 0 Å². The van der Waals surface area contributed by atoms with Gasteiger partial charge in [0.05, 0.1) is 5.92 Å². The van der Waals surface area contributed by atoms with Crippen LogP contribution >= 0.6 is 0 Å². The molecule has 7 nitrogen and oxygen atoms in total. The van der Waals surface area contributed by atoms with E-state index in [4.69, 9.17) is 0 Å². The second-order valence-corrected chi connectivity index (χ2v) is 11.5. The quantitative estimate of drug-likeness (QED) is 0.707. The van der Waals surface area contributed by atoms with Gasteiger partial charge in [-0.05, 0) is 43.4 Å². The third-order valence-electron chi connectivity index (χ3n) is 8.78. The highest BCUT2D eigenvalue weighted by Gasteiger charge is 2.56. The van der Waals surface area contributed by atoms with Gasteiger partial charge in [-0.25, -0.2) is 4.79 Å². The molecule has 186 valence electrons. The number of H-pyrrole nitrogens is 1. The molecule has 0 unspecified atom stereocenters. The number of rotatable bonds is 4. The molecule has 5 fully saturated rings. The minimum absolute atomic E-state index is 0.0343. The molecule has 5 aliphatic rings. The van der Waals surface area contributed by atoms with Crippen LogP contribution in [0.1, 0.15) is 60.6 Å². The number of halogens is 3. The van der Waals surface area contributed by atoms with Crippen LogP contribution in [0.15, 0.2) is 24.3 Å². The summed E-state index contributed by atoms with van der Waals surface area (Å²) < 4.78 is 38.1. The summed E-state index contributed by atoms with van der Waals surface area (Å²) in [4.78, 5) is 21.9. The number of benzene rings is 1. The van der Waals surface area contributed by atoms with Gasteiger partial charge in [0.15, 0.2) is 0 Å². The van der Waals surface area contributed by atoms with Gasteiger partial charge in [-0.15, -0.1) is 10.2 Å². The number of anilines is 1. The number of alkyl halides is 3. The van der Waals surface area contributed by atoms with E-state index >= 15 is 0 Å². The number of carbonyl (C=O) groups excluding carboxylic acids is 1. The molecule has 2 aromatic rings. The third kappa shape index (κ3) is 3.67. The molecule has 10 heteroatoms. The lowest BCUT2D eigenvalue weighted by atomic mass is 9.57. The third-order valence-corrected chi connectivity index (χ3v) is 8.78. The summed E-state index contributed by atoms with van der Waals surface area (Å²) >= 11 is 0. The molecular formula is C25H29F3N6O. The maximum atomic E-state index is 12.9. The highest BCUT2D eigenvalue weighted by molar-refractivity contribution is 5.77. The molecule has 2 saturated carbocycles. The molecule has 1 aromatic heterocycles. The van der Waals surface area contributed by atoms with E-state index in [1.54, 1.807) is 4.90 Å². The number of nitrogens with zero attached hydrogens (tertiary/aromatic N) is 5. The zero-order chi connectivity index (χ0) is 23.9. The smallest absolute Gasteiger partial charge is 0.370 e. The summed E-state index contributed by atoms with van der Waals surface area (Å²) in [5.41, 5.74) is 2.24. The highest BCUT2D eigenvalue weighted by atomic mass is 19.4. The van der Waals surface area contributed by atoms with E-state index in [-0.39, 0.29) is 24.5 Å². The Morgan fingerprint density at radius 2 is 1.51 bits per heavy atom. The summed E-state index contributed by atoms with van der Waals surface area (Å²) in [6.45, 7) is 3.13. The molecule has 3 saturated heterocycles. The van der Waals surface area contributed by atoms with Crippen LogP contribution in [0.2, 0.25) is 0 Å². The van der Waals surface area contributed by atoms with Gasteiger partial charge in [0.1, 0.15) is 11.6 Å². The van der Waals surface area contributed by atoms with Gasteiger partial charge < -0.3 is 19.7 Å². The monoisotopic (exact) mass is 486 g/mol. The Labute approximate surface area is 201 Å². The number of aromatic amines is 1. The molecule has 7 rings (SSSR count). The summed E-state index contributed by atoms with van der Waals surface area (Å²) in [6, 6.07) is 7.92. The Bertz CT molecular complexity index is 1120. The van der Waals surface area contributed by atoms with Gasteiger partial charge in [0.25, 0.3) is 0 Å². The molecule has 1 N–H and O–H groups in total. The molecule has 2 amide bonds. The molecule has 1 aromatic carbocycles. The van der Waals surface area contributed by atoms with Gasteiger partial charge in [0.2, 0.25) is 0 Å². The highest BCUT2D eigenvalue weighted by Crippen LogP contribution is 2.56. The lowest BCUT2D eigenvalue weighted by Gasteiger charge is -2.59. The lowest BCUT2D eigenvalue weighted by molar-refractivity contribution is -0.180. The summed E-state index contributed by atoms with van der Waals surface area (Å²) in [5.74, 6) is 2.17. The van der Waals surface area contributed by atoms with Crippen molar-refractivity contribution < 1.29 is 18.0 Å². The fourth-order valence-corrected chi connectivity index (χ4v) is 6.25. The molecule has 1 spiro atoms. The first kappa shape index (κ1) is 21.5. The van der Waals surface area contributed by atoms with Crippen LogP contribution in [-0.4, -0.2) is 76.5 Å². The zero-order valence-electron chi connectivity index (χ0n) is 19.5. The Morgan fingerprint density at radius 3 is 2.11 bits per heavy atom. The van der Waals surface area contributed by atoms with Crippen LogP contribution in [0.25, 0.3) is 0 Å². The zero-order valence-corrected chi connectivity index (χ0v) is 19.5. The van der Waals surface area contributed by atoms with Crippen molar-refractivity contribution >= 4 is 11.7 Å². The Hall–Kier alpha value is -2.78. The van der Waals surface area contributed by atoms with Crippen LogP contribution < -0.4 is 4.90 Å². The van der Waals surface area contributed by atoms with Crippen molar-refractivity contribution in [1.29, 1.82) is 0 Å². The van der Waals surface area contributed by atoms with Crippen LogP contribution in [-0.2, 0) is 0 Å². The van der Waals surface area contributed by atoms with Crippen molar-refractivity contribution in [1.82, 2.24) is 25.0 Å². The van der Waals surface area contributed by atoms with Gasteiger partial charge in [-0.1, -0.05) is 12.1 Å². The molecule has 3 aliphatic heterocycles. The number of carbonyl (C=O) groups is 1. The van der Waals surface area contributed by atoms with Crippen molar-refractivity contribution in [2.75, 3.05) is 44.2 Å². The van der Waals surface area contributed by atoms with Crippen molar-refractivity contribution in [2.24, 2.45) is 11.3 Å². The summed E-state index contributed by atoms with van der Waals surface area (Å²) in [5, 5.41) is 8.66. The van der Waals surface area contributed by atoms with Gasteiger partial charge in [0, 0.05) is 68.1 Å². The molecule has 2 aliphatic carbocycles. The fraction of sp³-hybridized carbons (Fsp3) is 0.640. The van der Waals surface area contributed by atoms with Crippen molar-refractivity contribution in [3.63, 3.8) is 0 Å². The first-order valence-corrected chi connectivity index (χ1v) is 12.6. The van der Waals surface area contributed by atoms with Crippen molar-refractivity contribution in [2.45, 2.75) is 49.6 Å². The topological polar surface area (TPSA) is 68.4 Å². The van der Waals surface area contributed by atoms with Crippen molar-refractivity contribution in [3.05, 3.63) is 41.5 Å². The van der Waals surface area contributed by atoms with Crippen LogP contribution in [0, 0.1) is 11.3 Å². The van der Waals surface area contributed by atoms with Crippen LogP contribution in [0.5, 0.6) is 0 Å². The lowest BCUT2D eigenvalue weighted by Crippen LogP contribution is -2.67. The SMILES string of the molecule is O=C(N1CC(c2ccc(N3CC(C(F)(F)F)C3)cc2)C1)N1CC2(CC(c3nnc(C4CC4)[nH]3)C2)C1. The van der Waals surface area contributed by atoms with E-state index in [1.165, 1.54) is 12.8 Å². The van der Waals surface area contributed by atoms with Crippen LogP contribution in [0.3, 0.4) is 0 Å². The molecular weight excluding hydrogens is 457 g/mol. The molecule has 0 atom stereocenters.